The van der Waals surface area contributed by atoms with Crippen LogP contribution in [0.4, 0.5) is 0 Å². The molecule has 1 aromatic carbocycles. The minimum Gasteiger partial charge on any atom is -0.486 e. The number of fused-ring (bicyclic) bond motifs is 2. The molecule has 0 saturated carbocycles. The highest BCUT2D eigenvalue weighted by Crippen LogP contribution is 2.52. The summed E-state index contributed by atoms with van der Waals surface area (Å²) in [7, 11) is 1.64. The number of benzene rings is 1. The Hall–Kier alpha value is -2.75. The summed E-state index contributed by atoms with van der Waals surface area (Å²) in [6.07, 6.45) is 0.324. The molecule has 0 N–H and O–H groups in total. The lowest BCUT2D eigenvalue weighted by molar-refractivity contribution is -0.159. The third kappa shape index (κ3) is 2.18. The molecule has 4 atom stereocenters. The van der Waals surface area contributed by atoms with E-state index in [4.69, 9.17) is 9.47 Å². The van der Waals surface area contributed by atoms with E-state index in [9.17, 15) is 14.9 Å². The Morgan fingerprint density at radius 1 is 1.19 bits per heavy atom. The van der Waals surface area contributed by atoms with E-state index in [2.05, 4.69) is 6.07 Å². The number of hydrogen-bond acceptors (Lipinski definition) is 5. The molecule has 2 saturated heterocycles. The molecular formula is C19H21N3O4. The van der Waals surface area contributed by atoms with Crippen LogP contribution in [0.15, 0.2) is 18.2 Å². The first-order chi connectivity index (χ1) is 12.4. The summed E-state index contributed by atoms with van der Waals surface area (Å²) in [6, 6.07) is 6.21. The summed E-state index contributed by atoms with van der Waals surface area (Å²) in [5.74, 6) is 1.02. The SMILES string of the molecule is C[C@@H]1C(=O)N2[C@@H](c3ccc4c(c3)OCCO4)[C@@](C)(C#N)C[C@H]2C(=O)N1C. The van der Waals surface area contributed by atoms with Crippen molar-refractivity contribution in [3.05, 3.63) is 23.8 Å². The molecule has 0 aliphatic carbocycles. The zero-order valence-electron chi connectivity index (χ0n) is 15.1. The van der Waals surface area contributed by atoms with E-state index in [0.29, 0.717) is 31.1 Å². The number of nitriles is 1. The van der Waals surface area contributed by atoms with Crippen LogP contribution in [0.1, 0.15) is 31.9 Å². The monoisotopic (exact) mass is 355 g/mol. The number of hydrogen-bond donors (Lipinski definition) is 0. The lowest BCUT2D eigenvalue weighted by Gasteiger charge is -2.42. The van der Waals surface area contributed by atoms with Gasteiger partial charge in [-0.05, 0) is 38.0 Å². The van der Waals surface area contributed by atoms with Gasteiger partial charge in [-0.2, -0.15) is 5.26 Å². The van der Waals surface area contributed by atoms with Gasteiger partial charge in [0, 0.05) is 7.05 Å². The molecule has 4 rings (SSSR count). The van der Waals surface area contributed by atoms with Gasteiger partial charge in [0.1, 0.15) is 25.3 Å². The Balaban J connectivity index is 1.82. The van der Waals surface area contributed by atoms with Gasteiger partial charge in [-0.25, -0.2) is 0 Å². The zero-order valence-corrected chi connectivity index (χ0v) is 15.1. The molecule has 7 heteroatoms. The topological polar surface area (TPSA) is 82.9 Å². The Morgan fingerprint density at radius 2 is 1.88 bits per heavy atom. The summed E-state index contributed by atoms with van der Waals surface area (Å²) in [5.41, 5.74) is -0.0660. The van der Waals surface area contributed by atoms with E-state index in [1.54, 1.807) is 24.9 Å². The smallest absolute Gasteiger partial charge is 0.246 e. The van der Waals surface area contributed by atoms with Gasteiger partial charge in [-0.1, -0.05) is 6.07 Å². The Morgan fingerprint density at radius 3 is 2.58 bits per heavy atom. The van der Waals surface area contributed by atoms with Gasteiger partial charge < -0.3 is 19.3 Å². The van der Waals surface area contributed by atoms with Crippen LogP contribution in [-0.2, 0) is 9.59 Å². The van der Waals surface area contributed by atoms with Crippen molar-refractivity contribution in [3.8, 4) is 17.6 Å². The maximum Gasteiger partial charge on any atom is 0.246 e. The quantitative estimate of drug-likeness (QED) is 0.762. The van der Waals surface area contributed by atoms with E-state index < -0.39 is 23.5 Å². The van der Waals surface area contributed by atoms with E-state index in [0.717, 1.165) is 5.56 Å². The second kappa shape index (κ2) is 5.63. The Labute approximate surface area is 152 Å². The predicted octanol–water partition coefficient (Wildman–Crippen LogP) is 1.49. The number of likely N-dealkylation sites (N-methyl/N-ethyl adjacent to an activating group) is 1. The molecule has 2 amide bonds. The van der Waals surface area contributed by atoms with Crippen molar-refractivity contribution in [2.45, 2.75) is 38.4 Å². The van der Waals surface area contributed by atoms with Crippen LogP contribution in [0, 0.1) is 16.7 Å². The number of nitrogens with zero attached hydrogens (tertiary/aromatic N) is 3. The summed E-state index contributed by atoms with van der Waals surface area (Å²) in [6.45, 7) is 4.50. The van der Waals surface area contributed by atoms with Gasteiger partial charge in [-0.15, -0.1) is 0 Å². The van der Waals surface area contributed by atoms with E-state index >= 15 is 0 Å². The molecule has 0 aromatic heterocycles. The molecule has 136 valence electrons. The predicted molar refractivity (Wildman–Crippen MR) is 91.4 cm³/mol. The molecule has 3 aliphatic heterocycles. The molecule has 0 spiro atoms. The van der Waals surface area contributed by atoms with E-state index in [1.807, 2.05) is 19.1 Å². The van der Waals surface area contributed by atoms with Crippen molar-refractivity contribution in [3.63, 3.8) is 0 Å². The number of piperazine rings is 1. The van der Waals surface area contributed by atoms with Crippen molar-refractivity contribution in [1.82, 2.24) is 9.80 Å². The van der Waals surface area contributed by atoms with Gasteiger partial charge in [0.2, 0.25) is 11.8 Å². The third-order valence-electron chi connectivity index (χ3n) is 5.80. The summed E-state index contributed by atoms with van der Waals surface area (Å²) in [5, 5.41) is 9.88. The fraction of sp³-hybridized carbons (Fsp3) is 0.526. The highest BCUT2D eigenvalue weighted by Gasteiger charge is 2.58. The van der Waals surface area contributed by atoms with Crippen LogP contribution >= 0.6 is 0 Å². The molecular weight excluding hydrogens is 334 g/mol. The molecule has 7 nitrogen and oxygen atoms in total. The minimum atomic E-state index is -0.857. The maximum atomic E-state index is 13.0. The molecule has 0 unspecified atom stereocenters. The summed E-state index contributed by atoms with van der Waals surface area (Å²) in [4.78, 5) is 28.9. The molecule has 2 fully saturated rings. The number of ether oxygens (including phenoxy) is 2. The van der Waals surface area contributed by atoms with Crippen LogP contribution < -0.4 is 9.47 Å². The van der Waals surface area contributed by atoms with Gasteiger partial charge in [0.05, 0.1) is 17.5 Å². The van der Waals surface area contributed by atoms with Crippen LogP contribution in [-0.4, -0.2) is 54.0 Å². The average molecular weight is 355 g/mol. The Bertz CT molecular complexity index is 833. The highest BCUT2D eigenvalue weighted by atomic mass is 16.6. The van der Waals surface area contributed by atoms with Crippen LogP contribution in [0.5, 0.6) is 11.5 Å². The number of amides is 2. The van der Waals surface area contributed by atoms with E-state index in [-0.39, 0.29) is 11.8 Å². The number of rotatable bonds is 1. The lowest BCUT2D eigenvalue weighted by atomic mass is 9.79. The first kappa shape index (κ1) is 16.7. The fourth-order valence-electron chi connectivity index (χ4n) is 4.26. The molecule has 0 radical (unpaired) electrons. The standard InChI is InChI=1S/C19H21N3O4/c1-11-17(23)22-13(18(24)21(11)3)9-19(2,10-20)16(22)12-4-5-14-15(8-12)26-7-6-25-14/h4-5,8,11,13,16H,6-7,9H2,1-3H3/t11-,13+,16+,19-/m1/s1. The zero-order chi connectivity index (χ0) is 18.6. The van der Waals surface area contributed by atoms with Crippen LogP contribution in [0.25, 0.3) is 0 Å². The van der Waals surface area contributed by atoms with E-state index in [1.165, 1.54) is 4.90 Å². The van der Waals surface area contributed by atoms with Gasteiger partial charge in [0.15, 0.2) is 11.5 Å². The van der Waals surface area contributed by atoms with Crippen molar-refractivity contribution in [2.24, 2.45) is 5.41 Å². The Kier molecular flexibility index (Phi) is 3.62. The van der Waals surface area contributed by atoms with Gasteiger partial charge in [-0.3, -0.25) is 9.59 Å². The lowest BCUT2D eigenvalue weighted by Crippen LogP contribution is -2.60. The van der Waals surface area contributed by atoms with Gasteiger partial charge >= 0.3 is 0 Å². The second-order valence-corrected chi connectivity index (χ2v) is 7.43. The van der Waals surface area contributed by atoms with Gasteiger partial charge in [0.25, 0.3) is 0 Å². The van der Waals surface area contributed by atoms with Crippen molar-refractivity contribution in [2.75, 3.05) is 20.3 Å². The third-order valence-corrected chi connectivity index (χ3v) is 5.80. The van der Waals surface area contributed by atoms with Crippen LogP contribution in [0.2, 0.25) is 0 Å². The molecule has 0 bridgehead atoms. The normalized spacial score (nSPS) is 33.1. The van der Waals surface area contributed by atoms with Crippen molar-refractivity contribution >= 4 is 11.8 Å². The number of carbonyl (C=O) groups is 2. The largest absolute Gasteiger partial charge is 0.486 e. The number of carbonyl (C=O) groups excluding carboxylic acids is 2. The van der Waals surface area contributed by atoms with Crippen LogP contribution in [0.3, 0.4) is 0 Å². The van der Waals surface area contributed by atoms with Crippen molar-refractivity contribution < 1.29 is 19.1 Å². The molecule has 26 heavy (non-hydrogen) atoms. The molecule has 3 heterocycles. The molecule has 1 aromatic rings. The fourth-order valence-corrected chi connectivity index (χ4v) is 4.26. The minimum absolute atomic E-state index is 0.112. The highest BCUT2D eigenvalue weighted by molar-refractivity contribution is 5.97. The summed E-state index contributed by atoms with van der Waals surface area (Å²) >= 11 is 0. The van der Waals surface area contributed by atoms with Crippen molar-refractivity contribution in [1.29, 1.82) is 5.26 Å². The summed E-state index contributed by atoms with van der Waals surface area (Å²) < 4.78 is 11.2. The molecule has 3 aliphatic rings. The first-order valence-corrected chi connectivity index (χ1v) is 8.77. The average Bonchev–Trinajstić information content (AvgIpc) is 2.98. The maximum absolute atomic E-state index is 13.0. The second-order valence-electron chi connectivity index (χ2n) is 7.43. The first-order valence-electron chi connectivity index (χ1n) is 8.77.